The molecule has 0 radical (unpaired) electrons. The number of amides is 2. The van der Waals surface area contributed by atoms with Crippen LogP contribution in [-0.4, -0.2) is 92.4 Å². The van der Waals surface area contributed by atoms with Gasteiger partial charge in [-0.1, -0.05) is 12.1 Å². The minimum absolute atomic E-state index is 0.00986. The summed E-state index contributed by atoms with van der Waals surface area (Å²) in [5.74, 6) is 0.827. The highest BCUT2D eigenvalue weighted by Crippen LogP contribution is 2.15. The minimum atomic E-state index is -0.501. The molecule has 2 atom stereocenters. The third-order valence-corrected chi connectivity index (χ3v) is 4.38. The number of urea groups is 1. The van der Waals surface area contributed by atoms with E-state index in [9.17, 15) is 9.90 Å². The molecule has 1 aromatic carbocycles. The maximum atomic E-state index is 12.3. The molecular formula is C18H30N4O3. The summed E-state index contributed by atoms with van der Waals surface area (Å²) in [5.41, 5.74) is 1.01. The Bertz CT molecular complexity index is 548. The van der Waals surface area contributed by atoms with Crippen molar-refractivity contribution in [2.24, 2.45) is 0 Å². The molecule has 140 valence electrons. The van der Waals surface area contributed by atoms with E-state index in [1.165, 1.54) is 0 Å². The molecule has 25 heavy (non-hydrogen) atoms. The first-order chi connectivity index (χ1) is 11.9. The number of likely N-dealkylation sites (tertiary alicyclic amines) is 1. The van der Waals surface area contributed by atoms with Crippen molar-refractivity contribution in [1.82, 2.24) is 20.0 Å². The van der Waals surface area contributed by atoms with Crippen molar-refractivity contribution in [1.29, 1.82) is 0 Å². The summed E-state index contributed by atoms with van der Waals surface area (Å²) >= 11 is 0. The molecule has 0 unspecified atom stereocenters. The van der Waals surface area contributed by atoms with E-state index in [4.69, 9.17) is 4.74 Å². The standard InChI is InChI=1S/C18H30N4O3/c1-20(2)9-10-25-15-7-5-14(6-8-15)11-19-18(24)22-12-16(21(3)4)17(23)13-22/h5-8,16-17,23H,9-13H2,1-4H3,(H,19,24)/t16-,17-/m0/s1. The summed E-state index contributed by atoms with van der Waals surface area (Å²) in [6.45, 7) is 2.88. The van der Waals surface area contributed by atoms with Crippen LogP contribution < -0.4 is 10.1 Å². The van der Waals surface area contributed by atoms with Gasteiger partial charge in [0.05, 0.1) is 12.1 Å². The number of aliphatic hydroxyl groups is 1. The first-order valence-electron chi connectivity index (χ1n) is 8.60. The summed E-state index contributed by atoms with van der Waals surface area (Å²) in [5, 5.41) is 12.9. The molecule has 2 amide bonds. The number of aliphatic hydroxyl groups excluding tert-OH is 1. The molecule has 7 nitrogen and oxygen atoms in total. The van der Waals surface area contributed by atoms with Gasteiger partial charge in [-0.05, 0) is 45.9 Å². The van der Waals surface area contributed by atoms with Gasteiger partial charge in [-0.2, -0.15) is 0 Å². The molecule has 1 fully saturated rings. The molecule has 1 aliphatic rings. The average molecular weight is 350 g/mol. The molecule has 1 saturated heterocycles. The maximum absolute atomic E-state index is 12.3. The highest BCUT2D eigenvalue weighted by molar-refractivity contribution is 5.74. The zero-order valence-electron chi connectivity index (χ0n) is 15.6. The Kier molecular flexibility index (Phi) is 7.04. The number of ether oxygens (including phenoxy) is 1. The molecule has 0 aliphatic carbocycles. The molecule has 0 aromatic heterocycles. The second-order valence-corrected chi connectivity index (χ2v) is 6.96. The Morgan fingerprint density at radius 2 is 1.92 bits per heavy atom. The monoisotopic (exact) mass is 350 g/mol. The predicted molar refractivity (Wildman–Crippen MR) is 97.8 cm³/mol. The van der Waals surface area contributed by atoms with Crippen molar-refractivity contribution in [2.45, 2.75) is 18.7 Å². The molecule has 0 saturated carbocycles. The quantitative estimate of drug-likeness (QED) is 0.747. The fraction of sp³-hybridized carbons (Fsp3) is 0.611. The number of carbonyl (C=O) groups excluding carboxylic acids is 1. The molecule has 0 bridgehead atoms. The lowest BCUT2D eigenvalue weighted by Gasteiger charge is -2.21. The van der Waals surface area contributed by atoms with Gasteiger partial charge in [0.25, 0.3) is 0 Å². The first-order valence-corrected chi connectivity index (χ1v) is 8.60. The Hall–Kier alpha value is -1.83. The van der Waals surface area contributed by atoms with Crippen LogP contribution in [0.2, 0.25) is 0 Å². The van der Waals surface area contributed by atoms with Gasteiger partial charge in [-0.15, -0.1) is 0 Å². The predicted octanol–water partition coefficient (Wildman–Crippen LogP) is 0.443. The van der Waals surface area contributed by atoms with Crippen molar-refractivity contribution in [3.05, 3.63) is 29.8 Å². The Labute approximate surface area is 150 Å². The molecule has 2 rings (SSSR count). The highest BCUT2D eigenvalue weighted by atomic mass is 16.5. The van der Waals surface area contributed by atoms with Gasteiger partial charge < -0.3 is 29.9 Å². The Balaban J connectivity index is 1.76. The zero-order valence-corrected chi connectivity index (χ0v) is 15.6. The topological polar surface area (TPSA) is 68.3 Å². The van der Waals surface area contributed by atoms with E-state index in [-0.39, 0.29) is 12.1 Å². The van der Waals surface area contributed by atoms with Gasteiger partial charge in [-0.25, -0.2) is 4.79 Å². The number of hydrogen-bond acceptors (Lipinski definition) is 5. The maximum Gasteiger partial charge on any atom is 0.317 e. The van der Waals surface area contributed by atoms with Crippen LogP contribution in [-0.2, 0) is 6.54 Å². The second kappa shape index (κ2) is 9.03. The molecule has 2 N–H and O–H groups in total. The van der Waals surface area contributed by atoms with Crippen LogP contribution in [0, 0.1) is 0 Å². The van der Waals surface area contributed by atoms with Gasteiger partial charge in [0.2, 0.25) is 0 Å². The van der Waals surface area contributed by atoms with Crippen LogP contribution in [0.3, 0.4) is 0 Å². The fourth-order valence-corrected chi connectivity index (χ4v) is 2.78. The Morgan fingerprint density at radius 3 is 2.48 bits per heavy atom. The number of nitrogens with zero attached hydrogens (tertiary/aromatic N) is 3. The number of β-amino-alcohol motifs (C(OH)–C–C–N with tert-alkyl or cyclic N) is 1. The average Bonchev–Trinajstić information content (AvgIpc) is 2.95. The van der Waals surface area contributed by atoms with E-state index in [0.29, 0.717) is 26.2 Å². The van der Waals surface area contributed by atoms with Gasteiger partial charge in [0.1, 0.15) is 12.4 Å². The highest BCUT2D eigenvalue weighted by Gasteiger charge is 2.35. The molecule has 1 aromatic rings. The normalized spacial score (nSPS) is 20.4. The van der Waals surface area contributed by atoms with Crippen LogP contribution >= 0.6 is 0 Å². The number of benzene rings is 1. The molecular weight excluding hydrogens is 320 g/mol. The van der Waals surface area contributed by atoms with Crippen molar-refractivity contribution in [3.8, 4) is 5.75 Å². The second-order valence-electron chi connectivity index (χ2n) is 6.96. The van der Waals surface area contributed by atoms with E-state index < -0.39 is 6.10 Å². The summed E-state index contributed by atoms with van der Waals surface area (Å²) < 4.78 is 5.66. The summed E-state index contributed by atoms with van der Waals surface area (Å²) in [4.78, 5) is 17.9. The van der Waals surface area contributed by atoms with E-state index in [1.54, 1.807) is 4.90 Å². The lowest BCUT2D eigenvalue weighted by atomic mass is 10.2. The first kappa shape index (κ1) is 19.5. The molecule has 1 heterocycles. The third-order valence-electron chi connectivity index (χ3n) is 4.38. The van der Waals surface area contributed by atoms with E-state index >= 15 is 0 Å². The fourth-order valence-electron chi connectivity index (χ4n) is 2.78. The Morgan fingerprint density at radius 1 is 1.24 bits per heavy atom. The van der Waals surface area contributed by atoms with Gasteiger partial charge in [0.15, 0.2) is 0 Å². The summed E-state index contributed by atoms with van der Waals surface area (Å²) in [6, 6.07) is 7.58. The van der Waals surface area contributed by atoms with E-state index in [2.05, 4.69) is 10.2 Å². The van der Waals surface area contributed by atoms with Crippen LogP contribution in [0.1, 0.15) is 5.56 Å². The van der Waals surface area contributed by atoms with Crippen molar-refractivity contribution >= 4 is 6.03 Å². The molecule has 1 aliphatic heterocycles. The minimum Gasteiger partial charge on any atom is -0.492 e. The van der Waals surface area contributed by atoms with Crippen molar-refractivity contribution < 1.29 is 14.6 Å². The van der Waals surface area contributed by atoms with Crippen LogP contribution in [0.4, 0.5) is 4.79 Å². The summed E-state index contributed by atoms with van der Waals surface area (Å²) in [7, 11) is 7.85. The summed E-state index contributed by atoms with van der Waals surface area (Å²) in [6.07, 6.45) is -0.501. The van der Waals surface area contributed by atoms with Gasteiger partial charge >= 0.3 is 6.03 Å². The largest absolute Gasteiger partial charge is 0.492 e. The van der Waals surface area contributed by atoms with Crippen LogP contribution in [0.5, 0.6) is 5.75 Å². The lowest BCUT2D eigenvalue weighted by molar-refractivity contribution is 0.113. The molecule has 7 heteroatoms. The number of hydrogen-bond donors (Lipinski definition) is 2. The molecule has 0 spiro atoms. The SMILES string of the molecule is CN(C)CCOc1ccc(CNC(=O)N2C[C@H](O)[C@@H](N(C)C)C2)cc1. The lowest BCUT2D eigenvalue weighted by Crippen LogP contribution is -2.40. The zero-order chi connectivity index (χ0) is 18.4. The van der Waals surface area contributed by atoms with Crippen molar-refractivity contribution in [3.63, 3.8) is 0 Å². The third kappa shape index (κ3) is 5.88. The van der Waals surface area contributed by atoms with Gasteiger partial charge in [-0.3, -0.25) is 0 Å². The smallest absolute Gasteiger partial charge is 0.317 e. The number of rotatable bonds is 7. The van der Waals surface area contributed by atoms with Crippen LogP contribution in [0.15, 0.2) is 24.3 Å². The van der Waals surface area contributed by atoms with E-state index in [1.807, 2.05) is 57.4 Å². The number of nitrogens with one attached hydrogen (secondary N) is 1. The van der Waals surface area contributed by atoms with Crippen LogP contribution in [0.25, 0.3) is 0 Å². The van der Waals surface area contributed by atoms with Crippen molar-refractivity contribution in [2.75, 3.05) is 54.4 Å². The number of carbonyl (C=O) groups is 1. The van der Waals surface area contributed by atoms with E-state index in [0.717, 1.165) is 17.9 Å². The van der Waals surface area contributed by atoms with Gasteiger partial charge in [0, 0.05) is 26.2 Å². The number of likely N-dealkylation sites (N-methyl/N-ethyl adjacent to an activating group) is 2.